The minimum atomic E-state index is 0.465. The first-order valence-corrected chi connectivity index (χ1v) is 9.61. The zero-order valence-electron chi connectivity index (χ0n) is 16.5. The molecule has 3 aromatic heterocycles. The van der Waals surface area contributed by atoms with Gasteiger partial charge < -0.3 is 10.2 Å². The summed E-state index contributed by atoms with van der Waals surface area (Å²) in [5.41, 5.74) is 6.62. The van der Waals surface area contributed by atoms with Gasteiger partial charge in [-0.2, -0.15) is 5.10 Å². The van der Waals surface area contributed by atoms with E-state index >= 15 is 0 Å². The molecule has 1 saturated heterocycles. The van der Waals surface area contributed by atoms with Crippen LogP contribution in [0.1, 0.15) is 35.2 Å². The van der Waals surface area contributed by atoms with E-state index in [0.29, 0.717) is 6.04 Å². The van der Waals surface area contributed by atoms with Gasteiger partial charge in [0.2, 0.25) is 0 Å². The molecule has 0 radical (unpaired) electrons. The molecule has 3 aromatic rings. The first-order valence-electron chi connectivity index (χ1n) is 9.61. The minimum Gasteiger partial charge on any atom is -0.382 e. The molecule has 0 amide bonds. The summed E-state index contributed by atoms with van der Waals surface area (Å²) in [5.74, 6) is 0. The fourth-order valence-corrected chi connectivity index (χ4v) is 3.64. The van der Waals surface area contributed by atoms with Crippen molar-refractivity contribution in [2.45, 2.75) is 25.8 Å². The van der Waals surface area contributed by atoms with E-state index in [1.54, 1.807) is 10.8 Å². The molecule has 0 unspecified atom stereocenters. The van der Waals surface area contributed by atoms with Gasteiger partial charge in [0.05, 0.1) is 0 Å². The molecule has 1 aliphatic heterocycles. The van der Waals surface area contributed by atoms with Crippen LogP contribution in [0.25, 0.3) is 16.9 Å². The number of aryl methyl sites for hydroxylation is 1. The highest BCUT2D eigenvalue weighted by molar-refractivity contribution is 5.81. The highest BCUT2D eigenvalue weighted by Crippen LogP contribution is 2.26. The third kappa shape index (κ3) is 3.68. The zero-order chi connectivity index (χ0) is 19.7. The molecule has 6 heteroatoms. The molecule has 144 valence electrons. The van der Waals surface area contributed by atoms with Gasteiger partial charge in [-0.15, -0.1) is 0 Å². The molecule has 28 heavy (non-hydrogen) atoms. The second-order valence-electron chi connectivity index (χ2n) is 7.51. The average Bonchev–Trinajstić information content (AvgIpc) is 3.17. The molecule has 1 N–H and O–H groups in total. The molecule has 0 aromatic carbocycles. The van der Waals surface area contributed by atoms with E-state index in [0.717, 1.165) is 65.2 Å². The lowest BCUT2D eigenvalue weighted by Crippen LogP contribution is -2.39. The van der Waals surface area contributed by atoms with Crippen LogP contribution in [0.15, 0.2) is 50.1 Å². The number of rotatable bonds is 5. The lowest BCUT2D eigenvalue weighted by atomic mass is 9.97. The van der Waals surface area contributed by atoms with Crippen LogP contribution in [0.4, 0.5) is 0 Å². The van der Waals surface area contributed by atoms with Crippen LogP contribution in [-0.2, 0) is 0 Å². The van der Waals surface area contributed by atoms with Crippen LogP contribution in [0, 0.1) is 6.92 Å². The maximum absolute atomic E-state index is 4.60. The summed E-state index contributed by atoms with van der Waals surface area (Å²) >= 11 is 0. The van der Waals surface area contributed by atoms with Gasteiger partial charge in [0, 0.05) is 41.0 Å². The standard InChI is InChI=1S/C22H26N6/c1-15(18-5-10-28-22(12-18)24-14-25-28)21-11-19(13-23-17(21)3)16(2)26-20-6-8-27(4)9-7-20/h5,10-14,20,26H,1-2,6-9H2,3-4H3. The number of fused-ring (bicyclic) bond motifs is 1. The SMILES string of the molecule is C=C(NC1CCN(C)CC1)c1cnc(C)c(C(=C)c2ccn3ncnc3c2)c1. The second-order valence-corrected chi connectivity index (χ2v) is 7.51. The molecule has 6 nitrogen and oxygen atoms in total. The van der Waals surface area contributed by atoms with Gasteiger partial charge in [0.15, 0.2) is 5.65 Å². The topological polar surface area (TPSA) is 58.4 Å². The van der Waals surface area contributed by atoms with Gasteiger partial charge in [-0.1, -0.05) is 13.2 Å². The van der Waals surface area contributed by atoms with Crippen LogP contribution >= 0.6 is 0 Å². The predicted octanol–water partition coefficient (Wildman–Crippen LogP) is 3.15. The number of hydrogen-bond donors (Lipinski definition) is 1. The Hall–Kier alpha value is -2.99. The average molecular weight is 374 g/mol. The summed E-state index contributed by atoms with van der Waals surface area (Å²) in [6.45, 7) is 12.8. The minimum absolute atomic E-state index is 0.465. The third-order valence-electron chi connectivity index (χ3n) is 5.49. The Labute approximate surface area is 165 Å². The van der Waals surface area contributed by atoms with Crippen LogP contribution in [0.5, 0.6) is 0 Å². The zero-order valence-corrected chi connectivity index (χ0v) is 16.5. The highest BCUT2D eigenvalue weighted by atomic mass is 15.3. The van der Waals surface area contributed by atoms with Gasteiger partial charge in [-0.05, 0) is 69.2 Å². The smallest absolute Gasteiger partial charge is 0.155 e. The van der Waals surface area contributed by atoms with Gasteiger partial charge in [0.25, 0.3) is 0 Å². The summed E-state index contributed by atoms with van der Waals surface area (Å²) in [5, 5.41) is 7.74. The molecule has 1 aliphatic rings. The Morgan fingerprint density at radius 1 is 1.14 bits per heavy atom. The van der Waals surface area contributed by atoms with E-state index in [1.165, 1.54) is 0 Å². The lowest BCUT2D eigenvalue weighted by molar-refractivity contribution is 0.245. The Morgan fingerprint density at radius 3 is 2.71 bits per heavy atom. The number of nitrogens with zero attached hydrogens (tertiary/aromatic N) is 5. The monoisotopic (exact) mass is 374 g/mol. The molecule has 4 rings (SSSR count). The summed E-state index contributed by atoms with van der Waals surface area (Å²) in [7, 11) is 2.17. The predicted molar refractivity (Wildman–Crippen MR) is 113 cm³/mol. The third-order valence-corrected chi connectivity index (χ3v) is 5.49. The molecule has 0 atom stereocenters. The van der Waals surface area contributed by atoms with Crippen LogP contribution in [0.2, 0.25) is 0 Å². The Bertz CT molecular complexity index is 1030. The summed E-state index contributed by atoms with van der Waals surface area (Å²) in [6.07, 6.45) is 7.60. The van der Waals surface area contributed by atoms with Crippen molar-refractivity contribution in [2.24, 2.45) is 0 Å². The first-order chi connectivity index (χ1) is 13.5. The Balaban J connectivity index is 1.56. The van der Waals surface area contributed by atoms with Gasteiger partial charge in [-0.25, -0.2) is 9.50 Å². The van der Waals surface area contributed by atoms with Gasteiger partial charge in [-0.3, -0.25) is 4.98 Å². The molecular weight excluding hydrogens is 348 g/mol. The maximum Gasteiger partial charge on any atom is 0.155 e. The molecule has 0 saturated carbocycles. The fourth-order valence-electron chi connectivity index (χ4n) is 3.64. The molecule has 0 aliphatic carbocycles. The van der Waals surface area contributed by atoms with Crippen molar-refractivity contribution in [2.75, 3.05) is 20.1 Å². The Morgan fingerprint density at radius 2 is 1.93 bits per heavy atom. The van der Waals surface area contributed by atoms with Crippen LogP contribution < -0.4 is 5.32 Å². The molecule has 1 fully saturated rings. The van der Waals surface area contributed by atoms with E-state index in [9.17, 15) is 0 Å². The molecule has 0 bridgehead atoms. The number of likely N-dealkylation sites (tertiary alicyclic amines) is 1. The Kier molecular flexibility index (Phi) is 4.96. The largest absolute Gasteiger partial charge is 0.382 e. The van der Waals surface area contributed by atoms with Crippen molar-refractivity contribution in [3.8, 4) is 0 Å². The van der Waals surface area contributed by atoms with E-state index in [-0.39, 0.29) is 0 Å². The van der Waals surface area contributed by atoms with E-state index in [1.807, 2.05) is 31.5 Å². The van der Waals surface area contributed by atoms with Crippen LogP contribution in [0.3, 0.4) is 0 Å². The number of pyridine rings is 2. The van der Waals surface area contributed by atoms with Gasteiger partial charge in [0.1, 0.15) is 6.33 Å². The van der Waals surface area contributed by atoms with E-state index < -0.39 is 0 Å². The lowest BCUT2D eigenvalue weighted by Gasteiger charge is -2.30. The number of nitrogens with one attached hydrogen (secondary N) is 1. The van der Waals surface area contributed by atoms with Gasteiger partial charge >= 0.3 is 0 Å². The molecular formula is C22H26N6. The van der Waals surface area contributed by atoms with E-state index in [2.05, 4.69) is 51.6 Å². The maximum atomic E-state index is 4.60. The summed E-state index contributed by atoms with van der Waals surface area (Å²) in [4.78, 5) is 11.2. The first kappa shape index (κ1) is 18.4. The van der Waals surface area contributed by atoms with Crippen molar-refractivity contribution in [1.29, 1.82) is 0 Å². The van der Waals surface area contributed by atoms with Crippen LogP contribution in [-0.4, -0.2) is 50.7 Å². The number of hydrogen-bond acceptors (Lipinski definition) is 5. The second kappa shape index (κ2) is 7.56. The fraction of sp³-hybridized carbons (Fsp3) is 0.318. The van der Waals surface area contributed by atoms with E-state index in [4.69, 9.17) is 0 Å². The molecule has 4 heterocycles. The van der Waals surface area contributed by atoms with Crippen molar-refractivity contribution >= 4 is 16.9 Å². The number of piperidine rings is 1. The van der Waals surface area contributed by atoms with Crippen molar-refractivity contribution in [3.63, 3.8) is 0 Å². The van der Waals surface area contributed by atoms with Crippen molar-refractivity contribution < 1.29 is 0 Å². The highest BCUT2D eigenvalue weighted by Gasteiger charge is 2.18. The summed E-state index contributed by atoms with van der Waals surface area (Å²) in [6, 6.07) is 6.59. The molecule has 0 spiro atoms. The summed E-state index contributed by atoms with van der Waals surface area (Å²) < 4.78 is 1.74. The van der Waals surface area contributed by atoms with Crippen molar-refractivity contribution in [1.82, 2.24) is 29.8 Å². The quantitative estimate of drug-likeness (QED) is 0.743. The normalized spacial score (nSPS) is 15.6. The van der Waals surface area contributed by atoms with Crippen molar-refractivity contribution in [3.05, 3.63) is 72.5 Å². The number of aromatic nitrogens is 4.